The SMILES string of the molecule is CSCC(=O)NCCn1cc(C)cn1. The summed E-state index contributed by atoms with van der Waals surface area (Å²) in [6, 6.07) is 0. The van der Waals surface area contributed by atoms with Crippen LogP contribution in [0.25, 0.3) is 0 Å². The monoisotopic (exact) mass is 213 g/mol. The normalized spacial score (nSPS) is 10.1. The minimum absolute atomic E-state index is 0.0846. The molecule has 1 amide bonds. The van der Waals surface area contributed by atoms with Crippen molar-refractivity contribution in [3.8, 4) is 0 Å². The Morgan fingerprint density at radius 3 is 3.07 bits per heavy atom. The lowest BCUT2D eigenvalue weighted by molar-refractivity contribution is -0.118. The van der Waals surface area contributed by atoms with Crippen LogP contribution in [0.15, 0.2) is 12.4 Å². The molecule has 0 aliphatic heterocycles. The zero-order valence-corrected chi connectivity index (χ0v) is 9.30. The highest BCUT2D eigenvalue weighted by atomic mass is 32.2. The molecule has 0 radical (unpaired) electrons. The van der Waals surface area contributed by atoms with Crippen LogP contribution in [0.1, 0.15) is 5.56 Å². The Morgan fingerprint density at radius 2 is 2.50 bits per heavy atom. The molecule has 1 rings (SSSR count). The summed E-state index contributed by atoms with van der Waals surface area (Å²) < 4.78 is 1.83. The number of carbonyl (C=O) groups is 1. The fourth-order valence-electron chi connectivity index (χ4n) is 1.08. The van der Waals surface area contributed by atoms with Gasteiger partial charge in [-0.05, 0) is 18.7 Å². The van der Waals surface area contributed by atoms with Gasteiger partial charge in [-0.3, -0.25) is 9.48 Å². The van der Waals surface area contributed by atoms with E-state index in [4.69, 9.17) is 0 Å². The van der Waals surface area contributed by atoms with Gasteiger partial charge < -0.3 is 5.32 Å². The van der Waals surface area contributed by atoms with Gasteiger partial charge in [-0.25, -0.2) is 0 Å². The van der Waals surface area contributed by atoms with Gasteiger partial charge in [0.2, 0.25) is 5.91 Å². The molecule has 1 N–H and O–H groups in total. The van der Waals surface area contributed by atoms with E-state index in [2.05, 4.69) is 10.4 Å². The fraction of sp³-hybridized carbons (Fsp3) is 0.556. The van der Waals surface area contributed by atoms with Crippen LogP contribution in [0.5, 0.6) is 0 Å². The Bertz CT molecular complexity index is 298. The van der Waals surface area contributed by atoms with E-state index in [1.165, 1.54) is 11.8 Å². The average molecular weight is 213 g/mol. The molecule has 0 spiro atoms. The first-order chi connectivity index (χ1) is 6.72. The van der Waals surface area contributed by atoms with Crippen LogP contribution in [0.4, 0.5) is 0 Å². The van der Waals surface area contributed by atoms with Crippen molar-refractivity contribution in [1.29, 1.82) is 0 Å². The average Bonchev–Trinajstić information content (AvgIpc) is 2.52. The standard InChI is InChI=1S/C9H15N3OS/c1-8-5-11-12(6-8)4-3-10-9(13)7-14-2/h5-6H,3-4,7H2,1-2H3,(H,10,13). The molecule has 0 fully saturated rings. The first-order valence-electron chi connectivity index (χ1n) is 4.47. The number of rotatable bonds is 5. The van der Waals surface area contributed by atoms with Gasteiger partial charge in [0, 0.05) is 12.7 Å². The van der Waals surface area contributed by atoms with E-state index in [9.17, 15) is 4.79 Å². The van der Waals surface area contributed by atoms with E-state index >= 15 is 0 Å². The van der Waals surface area contributed by atoms with E-state index in [0.717, 1.165) is 12.1 Å². The highest BCUT2D eigenvalue weighted by Crippen LogP contribution is 1.93. The van der Waals surface area contributed by atoms with Crippen LogP contribution < -0.4 is 5.32 Å². The molecular formula is C9H15N3OS. The maximum atomic E-state index is 11.1. The summed E-state index contributed by atoms with van der Waals surface area (Å²) in [5.41, 5.74) is 1.14. The number of aromatic nitrogens is 2. The van der Waals surface area contributed by atoms with Crippen molar-refractivity contribution in [2.24, 2.45) is 0 Å². The largest absolute Gasteiger partial charge is 0.354 e. The number of hydrogen-bond acceptors (Lipinski definition) is 3. The molecule has 0 unspecified atom stereocenters. The molecule has 1 aromatic rings. The van der Waals surface area contributed by atoms with Crippen LogP contribution in [-0.2, 0) is 11.3 Å². The molecule has 4 nitrogen and oxygen atoms in total. The molecule has 0 saturated heterocycles. The number of aryl methyl sites for hydroxylation is 1. The quantitative estimate of drug-likeness (QED) is 0.782. The van der Waals surface area contributed by atoms with Crippen molar-refractivity contribution in [2.45, 2.75) is 13.5 Å². The molecule has 1 heterocycles. The minimum atomic E-state index is 0.0846. The van der Waals surface area contributed by atoms with Crippen LogP contribution in [-0.4, -0.2) is 34.2 Å². The van der Waals surface area contributed by atoms with Crippen molar-refractivity contribution < 1.29 is 4.79 Å². The molecule has 0 aliphatic rings. The predicted molar refractivity (Wildman–Crippen MR) is 58.4 cm³/mol. The topological polar surface area (TPSA) is 46.9 Å². The van der Waals surface area contributed by atoms with Crippen LogP contribution in [0.3, 0.4) is 0 Å². The lowest BCUT2D eigenvalue weighted by Gasteiger charge is -2.03. The number of hydrogen-bond donors (Lipinski definition) is 1. The summed E-state index contributed by atoms with van der Waals surface area (Å²) in [7, 11) is 0. The number of amides is 1. The Labute approximate surface area is 88.1 Å². The van der Waals surface area contributed by atoms with Crippen LogP contribution >= 0.6 is 11.8 Å². The van der Waals surface area contributed by atoms with Crippen molar-refractivity contribution >= 4 is 17.7 Å². The van der Waals surface area contributed by atoms with Gasteiger partial charge in [0.1, 0.15) is 0 Å². The molecule has 78 valence electrons. The summed E-state index contributed by atoms with van der Waals surface area (Å²) in [6.45, 7) is 3.37. The van der Waals surface area contributed by atoms with Crippen LogP contribution in [0.2, 0.25) is 0 Å². The van der Waals surface area contributed by atoms with Gasteiger partial charge in [-0.15, -0.1) is 0 Å². The lowest BCUT2D eigenvalue weighted by Crippen LogP contribution is -2.28. The zero-order chi connectivity index (χ0) is 10.4. The molecule has 0 saturated carbocycles. The van der Waals surface area contributed by atoms with Crippen molar-refractivity contribution in [1.82, 2.24) is 15.1 Å². The predicted octanol–water partition coefficient (Wildman–Crippen LogP) is 0.671. The van der Waals surface area contributed by atoms with E-state index < -0.39 is 0 Å². The first-order valence-corrected chi connectivity index (χ1v) is 5.86. The minimum Gasteiger partial charge on any atom is -0.354 e. The Kier molecular flexibility index (Phi) is 4.52. The summed E-state index contributed by atoms with van der Waals surface area (Å²) in [4.78, 5) is 11.1. The van der Waals surface area contributed by atoms with Gasteiger partial charge in [0.05, 0.1) is 18.5 Å². The molecule has 5 heteroatoms. The van der Waals surface area contributed by atoms with Crippen molar-refractivity contribution in [3.63, 3.8) is 0 Å². The maximum absolute atomic E-state index is 11.1. The second kappa shape index (κ2) is 5.70. The molecular weight excluding hydrogens is 198 g/mol. The number of thioether (sulfide) groups is 1. The van der Waals surface area contributed by atoms with Gasteiger partial charge in [0.15, 0.2) is 0 Å². The first kappa shape index (κ1) is 11.1. The number of carbonyl (C=O) groups excluding carboxylic acids is 1. The smallest absolute Gasteiger partial charge is 0.230 e. The molecule has 0 aliphatic carbocycles. The Hall–Kier alpha value is -0.970. The van der Waals surface area contributed by atoms with Crippen LogP contribution in [0, 0.1) is 6.92 Å². The second-order valence-electron chi connectivity index (χ2n) is 3.06. The maximum Gasteiger partial charge on any atom is 0.230 e. The molecule has 0 atom stereocenters. The molecule has 14 heavy (non-hydrogen) atoms. The summed E-state index contributed by atoms with van der Waals surface area (Å²) >= 11 is 1.53. The van der Waals surface area contributed by atoms with Gasteiger partial charge >= 0.3 is 0 Å². The fourth-order valence-corrected chi connectivity index (χ4v) is 1.45. The highest BCUT2D eigenvalue weighted by Gasteiger charge is 1.98. The van der Waals surface area contributed by atoms with E-state index in [1.807, 2.05) is 30.3 Å². The summed E-state index contributed by atoms with van der Waals surface area (Å²) in [5, 5.41) is 6.94. The summed E-state index contributed by atoms with van der Waals surface area (Å²) in [6.07, 6.45) is 5.68. The third-order valence-corrected chi connectivity index (χ3v) is 2.25. The van der Waals surface area contributed by atoms with E-state index in [1.54, 1.807) is 0 Å². The second-order valence-corrected chi connectivity index (χ2v) is 3.93. The van der Waals surface area contributed by atoms with Gasteiger partial charge in [-0.2, -0.15) is 16.9 Å². The zero-order valence-electron chi connectivity index (χ0n) is 8.49. The third kappa shape index (κ3) is 3.83. The Morgan fingerprint density at radius 1 is 1.71 bits per heavy atom. The lowest BCUT2D eigenvalue weighted by atomic mass is 10.4. The Balaban J connectivity index is 2.18. The summed E-state index contributed by atoms with van der Waals surface area (Å²) in [5.74, 6) is 0.611. The molecule has 0 aromatic carbocycles. The van der Waals surface area contributed by atoms with E-state index in [0.29, 0.717) is 12.3 Å². The number of nitrogens with one attached hydrogen (secondary N) is 1. The molecule has 1 aromatic heterocycles. The van der Waals surface area contributed by atoms with Gasteiger partial charge in [-0.1, -0.05) is 0 Å². The van der Waals surface area contributed by atoms with Crippen molar-refractivity contribution in [2.75, 3.05) is 18.6 Å². The molecule has 0 bridgehead atoms. The highest BCUT2D eigenvalue weighted by molar-refractivity contribution is 7.99. The van der Waals surface area contributed by atoms with Gasteiger partial charge in [0.25, 0.3) is 0 Å². The third-order valence-electron chi connectivity index (χ3n) is 1.70. The van der Waals surface area contributed by atoms with Crippen molar-refractivity contribution in [3.05, 3.63) is 18.0 Å². The number of nitrogens with zero attached hydrogens (tertiary/aromatic N) is 2. The van der Waals surface area contributed by atoms with E-state index in [-0.39, 0.29) is 5.91 Å².